The molecule has 1 saturated heterocycles. The molecule has 2 heterocycles. The van der Waals surface area contributed by atoms with Crippen molar-refractivity contribution in [3.63, 3.8) is 0 Å². The van der Waals surface area contributed by atoms with E-state index in [0.29, 0.717) is 16.6 Å². The van der Waals surface area contributed by atoms with Crippen molar-refractivity contribution in [2.24, 2.45) is 0 Å². The number of amides is 1. The van der Waals surface area contributed by atoms with E-state index in [-0.39, 0.29) is 5.91 Å². The van der Waals surface area contributed by atoms with E-state index >= 15 is 0 Å². The molecule has 0 bridgehead atoms. The van der Waals surface area contributed by atoms with Gasteiger partial charge in [-0.15, -0.1) is 10.2 Å². The average Bonchev–Trinajstić information content (AvgIpc) is 3.03. The SMILES string of the molecule is CCc1nncn1C1CCN(C(=O)c2cccc(Cl)c2)CC1. The minimum absolute atomic E-state index is 0.0559. The number of carbonyl (C=O) groups excluding carboxylic acids is 1. The summed E-state index contributed by atoms with van der Waals surface area (Å²) in [5.41, 5.74) is 0.657. The van der Waals surface area contributed by atoms with Gasteiger partial charge in [0.25, 0.3) is 5.91 Å². The van der Waals surface area contributed by atoms with E-state index < -0.39 is 0 Å². The fraction of sp³-hybridized carbons (Fsp3) is 0.438. The third-order valence-electron chi connectivity index (χ3n) is 4.18. The van der Waals surface area contributed by atoms with Crippen molar-refractivity contribution >= 4 is 17.5 Å². The number of nitrogens with zero attached hydrogens (tertiary/aromatic N) is 4. The molecule has 2 aromatic rings. The van der Waals surface area contributed by atoms with E-state index in [0.717, 1.165) is 38.2 Å². The maximum atomic E-state index is 12.5. The van der Waals surface area contributed by atoms with Gasteiger partial charge in [0.2, 0.25) is 0 Å². The molecule has 1 aromatic heterocycles. The summed E-state index contributed by atoms with van der Waals surface area (Å²) in [6, 6.07) is 7.52. The fourth-order valence-corrected chi connectivity index (χ4v) is 3.17. The molecule has 0 saturated carbocycles. The van der Waals surface area contributed by atoms with Gasteiger partial charge >= 0.3 is 0 Å². The molecule has 0 radical (unpaired) electrons. The van der Waals surface area contributed by atoms with Crippen LogP contribution in [0.3, 0.4) is 0 Å². The first kappa shape index (κ1) is 15.0. The molecule has 1 amide bonds. The summed E-state index contributed by atoms with van der Waals surface area (Å²) in [5.74, 6) is 1.07. The number of carbonyl (C=O) groups is 1. The Morgan fingerprint density at radius 2 is 2.14 bits per heavy atom. The van der Waals surface area contributed by atoms with Crippen molar-refractivity contribution < 1.29 is 4.79 Å². The number of rotatable bonds is 3. The van der Waals surface area contributed by atoms with Gasteiger partial charge in [-0.25, -0.2) is 0 Å². The van der Waals surface area contributed by atoms with Crippen LogP contribution in [0.1, 0.15) is 42.0 Å². The maximum Gasteiger partial charge on any atom is 0.253 e. The second-order valence-electron chi connectivity index (χ2n) is 5.54. The zero-order chi connectivity index (χ0) is 15.5. The number of aryl methyl sites for hydroxylation is 1. The highest BCUT2D eigenvalue weighted by Gasteiger charge is 2.25. The normalized spacial score (nSPS) is 16.0. The standard InChI is InChI=1S/C16H19ClN4O/c1-2-15-19-18-11-21(15)14-6-8-20(9-7-14)16(22)12-4-3-5-13(17)10-12/h3-5,10-11,14H,2,6-9H2,1H3. The lowest BCUT2D eigenvalue weighted by molar-refractivity contribution is 0.0693. The lowest BCUT2D eigenvalue weighted by atomic mass is 10.0. The van der Waals surface area contributed by atoms with Gasteiger partial charge in [-0.2, -0.15) is 0 Å². The first-order chi connectivity index (χ1) is 10.7. The third kappa shape index (κ3) is 2.99. The molecule has 0 spiro atoms. The van der Waals surface area contributed by atoms with Gasteiger partial charge in [-0.1, -0.05) is 24.6 Å². The van der Waals surface area contributed by atoms with Crippen molar-refractivity contribution in [3.05, 3.63) is 47.0 Å². The Morgan fingerprint density at radius 3 is 2.82 bits per heavy atom. The van der Waals surface area contributed by atoms with Crippen LogP contribution in [0.15, 0.2) is 30.6 Å². The Morgan fingerprint density at radius 1 is 1.36 bits per heavy atom. The lowest BCUT2D eigenvalue weighted by Gasteiger charge is -2.33. The maximum absolute atomic E-state index is 12.5. The first-order valence-corrected chi connectivity index (χ1v) is 8.00. The smallest absolute Gasteiger partial charge is 0.253 e. The summed E-state index contributed by atoms with van der Waals surface area (Å²) < 4.78 is 2.15. The molecule has 116 valence electrons. The van der Waals surface area contributed by atoms with Crippen molar-refractivity contribution in [3.8, 4) is 0 Å². The highest BCUT2D eigenvalue weighted by Crippen LogP contribution is 2.25. The van der Waals surface area contributed by atoms with E-state index in [1.807, 2.05) is 17.0 Å². The largest absolute Gasteiger partial charge is 0.338 e. The molecule has 1 fully saturated rings. The highest BCUT2D eigenvalue weighted by atomic mass is 35.5. The fourth-order valence-electron chi connectivity index (χ4n) is 2.98. The minimum atomic E-state index is 0.0559. The van der Waals surface area contributed by atoms with Gasteiger partial charge in [0, 0.05) is 36.1 Å². The van der Waals surface area contributed by atoms with Crippen LogP contribution in [0.4, 0.5) is 0 Å². The van der Waals surface area contributed by atoms with Crippen LogP contribution in [0.5, 0.6) is 0 Å². The van der Waals surface area contributed by atoms with Crippen LogP contribution < -0.4 is 0 Å². The molecule has 6 heteroatoms. The summed E-state index contributed by atoms with van der Waals surface area (Å²) in [6.07, 6.45) is 4.54. The number of benzene rings is 1. The molecule has 0 aliphatic carbocycles. The Bertz CT molecular complexity index is 662. The van der Waals surface area contributed by atoms with Crippen LogP contribution in [0, 0.1) is 0 Å². The molecule has 22 heavy (non-hydrogen) atoms. The Kier molecular flexibility index (Phi) is 4.43. The Hall–Kier alpha value is -1.88. The summed E-state index contributed by atoms with van der Waals surface area (Å²) in [4.78, 5) is 14.4. The number of aromatic nitrogens is 3. The zero-order valence-corrected chi connectivity index (χ0v) is 13.3. The van der Waals surface area contributed by atoms with Crippen LogP contribution in [0.25, 0.3) is 0 Å². The van der Waals surface area contributed by atoms with Crippen molar-refractivity contribution in [2.75, 3.05) is 13.1 Å². The quantitative estimate of drug-likeness (QED) is 0.874. The van der Waals surface area contributed by atoms with Crippen molar-refractivity contribution in [2.45, 2.75) is 32.2 Å². The number of likely N-dealkylation sites (tertiary alicyclic amines) is 1. The van der Waals surface area contributed by atoms with E-state index in [1.165, 1.54) is 0 Å². The van der Waals surface area contributed by atoms with Crippen LogP contribution in [-0.2, 0) is 6.42 Å². The predicted octanol–water partition coefficient (Wildman–Crippen LogP) is 2.97. The lowest BCUT2D eigenvalue weighted by Crippen LogP contribution is -2.39. The molecule has 0 N–H and O–H groups in total. The number of piperidine rings is 1. The van der Waals surface area contributed by atoms with Crippen LogP contribution >= 0.6 is 11.6 Å². The number of hydrogen-bond acceptors (Lipinski definition) is 3. The molecule has 0 unspecified atom stereocenters. The van der Waals surface area contributed by atoms with Crippen LogP contribution in [0.2, 0.25) is 5.02 Å². The van der Waals surface area contributed by atoms with Gasteiger partial charge in [0.05, 0.1) is 0 Å². The Balaban J connectivity index is 1.65. The monoisotopic (exact) mass is 318 g/mol. The van der Waals surface area contributed by atoms with Gasteiger partial charge in [0.15, 0.2) is 0 Å². The van der Waals surface area contributed by atoms with E-state index in [2.05, 4.69) is 21.7 Å². The van der Waals surface area contributed by atoms with Gasteiger partial charge in [-0.3, -0.25) is 4.79 Å². The average molecular weight is 319 g/mol. The van der Waals surface area contributed by atoms with E-state index in [4.69, 9.17) is 11.6 Å². The topological polar surface area (TPSA) is 51.0 Å². The van der Waals surface area contributed by atoms with Gasteiger partial charge < -0.3 is 9.47 Å². The molecule has 1 aliphatic rings. The van der Waals surface area contributed by atoms with Gasteiger partial charge in [-0.05, 0) is 31.0 Å². The third-order valence-corrected chi connectivity index (χ3v) is 4.42. The molecular formula is C16H19ClN4O. The molecule has 1 aromatic carbocycles. The highest BCUT2D eigenvalue weighted by molar-refractivity contribution is 6.30. The van der Waals surface area contributed by atoms with E-state index in [9.17, 15) is 4.79 Å². The minimum Gasteiger partial charge on any atom is -0.338 e. The van der Waals surface area contributed by atoms with E-state index in [1.54, 1.807) is 18.5 Å². The van der Waals surface area contributed by atoms with Crippen LogP contribution in [-0.4, -0.2) is 38.7 Å². The van der Waals surface area contributed by atoms with Gasteiger partial charge in [0.1, 0.15) is 12.2 Å². The molecule has 1 aliphatic heterocycles. The summed E-state index contributed by atoms with van der Waals surface area (Å²) in [6.45, 7) is 3.58. The molecular weight excluding hydrogens is 300 g/mol. The summed E-state index contributed by atoms with van der Waals surface area (Å²) >= 11 is 5.96. The number of hydrogen-bond donors (Lipinski definition) is 0. The number of halogens is 1. The first-order valence-electron chi connectivity index (χ1n) is 7.62. The summed E-state index contributed by atoms with van der Waals surface area (Å²) in [5, 5.41) is 8.73. The molecule has 0 atom stereocenters. The molecule has 3 rings (SSSR count). The second-order valence-corrected chi connectivity index (χ2v) is 5.98. The predicted molar refractivity (Wildman–Crippen MR) is 85.0 cm³/mol. The second kappa shape index (κ2) is 6.48. The van der Waals surface area contributed by atoms with Crippen molar-refractivity contribution in [1.82, 2.24) is 19.7 Å². The Labute approximate surface area is 134 Å². The summed E-state index contributed by atoms with van der Waals surface area (Å²) in [7, 11) is 0. The van der Waals surface area contributed by atoms with Crippen molar-refractivity contribution in [1.29, 1.82) is 0 Å². The zero-order valence-electron chi connectivity index (χ0n) is 12.6. The molecule has 5 nitrogen and oxygen atoms in total.